The zero-order valence-corrected chi connectivity index (χ0v) is 11.4. The zero-order chi connectivity index (χ0) is 14.8. The fourth-order valence-corrected chi connectivity index (χ4v) is 2.00. The number of aryl methyl sites for hydroxylation is 1. The van der Waals surface area contributed by atoms with Crippen molar-refractivity contribution >= 4 is 16.3 Å². The molecular formula is C14H12ClNO4. The van der Waals surface area contributed by atoms with Gasteiger partial charge in [0.1, 0.15) is 0 Å². The van der Waals surface area contributed by atoms with E-state index in [1.165, 1.54) is 22.0 Å². The van der Waals surface area contributed by atoms with Gasteiger partial charge in [-0.2, -0.15) is 4.40 Å². The van der Waals surface area contributed by atoms with Gasteiger partial charge in [-0.05, 0) is 17.5 Å². The van der Waals surface area contributed by atoms with Crippen molar-refractivity contribution in [1.82, 2.24) is 0 Å². The van der Waals surface area contributed by atoms with Gasteiger partial charge in [0, 0.05) is 30.5 Å². The van der Waals surface area contributed by atoms with E-state index in [1.54, 1.807) is 0 Å². The Kier molecular flexibility index (Phi) is 4.17. The van der Waals surface area contributed by atoms with E-state index in [0.717, 1.165) is 0 Å². The zero-order valence-electron chi connectivity index (χ0n) is 10.7. The summed E-state index contributed by atoms with van der Waals surface area (Å²) in [5.74, 6) is 0. The first-order chi connectivity index (χ1) is 9.34. The van der Waals surface area contributed by atoms with Crippen LogP contribution in [0.1, 0.15) is 5.69 Å². The van der Waals surface area contributed by atoms with Gasteiger partial charge in [0.15, 0.2) is 11.9 Å². The normalized spacial score (nSPS) is 11.2. The van der Waals surface area contributed by atoms with Crippen LogP contribution in [0.15, 0.2) is 54.7 Å². The molecule has 0 aliphatic rings. The van der Waals surface area contributed by atoms with Gasteiger partial charge in [0.25, 0.3) is 0 Å². The summed E-state index contributed by atoms with van der Waals surface area (Å²) < 4.78 is 36.2. The van der Waals surface area contributed by atoms with Crippen LogP contribution in [0.25, 0.3) is 16.3 Å². The Balaban J connectivity index is 0.000000257. The predicted molar refractivity (Wildman–Crippen MR) is 61.8 cm³/mol. The first-order valence-corrected chi connectivity index (χ1v) is 6.99. The second-order valence-electron chi connectivity index (χ2n) is 4.24. The van der Waals surface area contributed by atoms with Gasteiger partial charge in [0.2, 0.25) is 5.52 Å². The molecule has 0 fully saturated rings. The average Bonchev–Trinajstić information content (AvgIpc) is 2.35. The fourth-order valence-electron chi connectivity index (χ4n) is 2.00. The molecule has 0 spiro atoms. The molecule has 0 saturated heterocycles. The van der Waals surface area contributed by atoms with E-state index in [4.69, 9.17) is 18.6 Å². The summed E-state index contributed by atoms with van der Waals surface area (Å²) in [6, 6.07) is 17.0. The van der Waals surface area contributed by atoms with Crippen LogP contribution in [0.5, 0.6) is 0 Å². The molecular weight excluding hydrogens is 282 g/mol. The molecule has 0 amide bonds. The molecule has 2 aromatic heterocycles. The lowest BCUT2D eigenvalue weighted by molar-refractivity contribution is -2.00. The molecule has 1 aromatic carbocycles. The highest BCUT2D eigenvalue weighted by Gasteiger charge is 2.06. The number of halogens is 1. The molecule has 20 heavy (non-hydrogen) atoms. The van der Waals surface area contributed by atoms with Crippen LogP contribution in [-0.2, 0) is 0 Å². The lowest BCUT2D eigenvalue weighted by Gasteiger charge is -2.17. The molecule has 3 rings (SSSR count). The minimum absolute atomic E-state index is 1.24. The first-order valence-electron chi connectivity index (χ1n) is 5.76. The molecule has 0 saturated carbocycles. The van der Waals surface area contributed by atoms with Crippen molar-refractivity contribution in [2.75, 3.05) is 0 Å². The molecule has 2 heterocycles. The van der Waals surface area contributed by atoms with E-state index in [9.17, 15) is 0 Å². The third-order valence-electron chi connectivity index (χ3n) is 2.83. The van der Waals surface area contributed by atoms with Crippen LogP contribution in [0.3, 0.4) is 0 Å². The number of pyridine rings is 2. The smallest absolute Gasteiger partial charge is 0.211 e. The SMILES string of the molecule is Cc1cccc2cc3ccccc3c[n+]12.[O-][Cl+3]([O-])([O-])[O-]. The number of aromatic nitrogens is 1. The van der Waals surface area contributed by atoms with E-state index >= 15 is 0 Å². The minimum atomic E-state index is -4.94. The standard InChI is InChI=1S/C14H12N.ClHO4/c1-11-5-4-8-14-9-12-6-2-3-7-13(12)10-15(11)14;2-1(3,4)5/h2-10H,1H3;(H,2,3,4,5)/q+1;/p-1. The number of rotatable bonds is 0. The summed E-state index contributed by atoms with van der Waals surface area (Å²) >= 11 is 0. The molecule has 6 heteroatoms. The lowest BCUT2D eigenvalue weighted by atomic mass is 10.1. The second-order valence-corrected chi connectivity index (χ2v) is 5.00. The second kappa shape index (κ2) is 5.70. The van der Waals surface area contributed by atoms with Crippen LogP contribution in [0.2, 0.25) is 0 Å². The molecule has 104 valence electrons. The molecule has 3 aromatic rings. The van der Waals surface area contributed by atoms with E-state index < -0.39 is 10.2 Å². The largest absolute Gasteiger partial charge is 0.222 e. The van der Waals surface area contributed by atoms with Gasteiger partial charge < -0.3 is 0 Å². The van der Waals surface area contributed by atoms with Crippen LogP contribution in [-0.4, -0.2) is 0 Å². The van der Waals surface area contributed by atoms with Crippen molar-refractivity contribution in [3.8, 4) is 0 Å². The highest BCUT2D eigenvalue weighted by atomic mass is 35.7. The highest BCUT2D eigenvalue weighted by molar-refractivity contribution is 5.83. The van der Waals surface area contributed by atoms with Crippen molar-refractivity contribution in [2.24, 2.45) is 0 Å². The van der Waals surface area contributed by atoms with Crippen LogP contribution in [0, 0.1) is 17.2 Å². The molecule has 0 unspecified atom stereocenters. The Bertz CT molecular complexity index is 734. The van der Waals surface area contributed by atoms with Gasteiger partial charge in [-0.25, -0.2) is 18.6 Å². The number of hydrogen-bond donors (Lipinski definition) is 0. The molecule has 0 aliphatic heterocycles. The lowest BCUT2D eigenvalue weighted by Crippen LogP contribution is -2.68. The van der Waals surface area contributed by atoms with Crippen molar-refractivity contribution < 1.29 is 33.3 Å². The Hall–Kier alpha value is -1.76. The van der Waals surface area contributed by atoms with Gasteiger partial charge in [-0.15, -0.1) is 10.2 Å². The maximum Gasteiger partial charge on any atom is 0.211 e. The van der Waals surface area contributed by atoms with Gasteiger partial charge in [0.05, 0.1) is 0 Å². The summed E-state index contributed by atoms with van der Waals surface area (Å²) in [6.45, 7) is 2.13. The predicted octanol–water partition coefficient (Wildman–Crippen LogP) is -1.87. The van der Waals surface area contributed by atoms with Gasteiger partial charge >= 0.3 is 0 Å². The van der Waals surface area contributed by atoms with Crippen molar-refractivity contribution in [3.05, 3.63) is 60.4 Å². The molecule has 0 atom stereocenters. The summed E-state index contributed by atoms with van der Waals surface area (Å²) in [5, 5.41) is 2.58. The van der Waals surface area contributed by atoms with Crippen LogP contribution < -0.4 is 23.0 Å². The molecule has 0 bridgehead atoms. The van der Waals surface area contributed by atoms with Crippen molar-refractivity contribution in [3.63, 3.8) is 0 Å². The van der Waals surface area contributed by atoms with E-state index in [-0.39, 0.29) is 0 Å². The summed E-state index contributed by atoms with van der Waals surface area (Å²) in [4.78, 5) is 0. The Morgan fingerprint density at radius 3 is 2.10 bits per heavy atom. The van der Waals surface area contributed by atoms with Crippen molar-refractivity contribution in [1.29, 1.82) is 0 Å². The topological polar surface area (TPSA) is 96.3 Å². The number of fused-ring (bicyclic) bond motifs is 2. The average molecular weight is 294 g/mol. The molecule has 0 N–H and O–H groups in total. The number of nitrogens with zero attached hydrogens (tertiary/aromatic N) is 1. The Morgan fingerprint density at radius 1 is 0.850 bits per heavy atom. The summed E-state index contributed by atoms with van der Waals surface area (Å²) in [7, 11) is -4.94. The summed E-state index contributed by atoms with van der Waals surface area (Å²) in [5.41, 5.74) is 2.51. The van der Waals surface area contributed by atoms with E-state index in [2.05, 4.69) is 66.1 Å². The van der Waals surface area contributed by atoms with Crippen LogP contribution in [0.4, 0.5) is 0 Å². The fraction of sp³-hybridized carbons (Fsp3) is 0.0714. The quantitative estimate of drug-likeness (QED) is 0.358. The maximum absolute atomic E-state index is 8.49. The minimum Gasteiger partial charge on any atom is -0.222 e. The molecule has 0 aliphatic carbocycles. The third-order valence-corrected chi connectivity index (χ3v) is 2.83. The van der Waals surface area contributed by atoms with E-state index in [1.807, 2.05) is 0 Å². The summed E-state index contributed by atoms with van der Waals surface area (Å²) in [6.07, 6.45) is 2.19. The van der Waals surface area contributed by atoms with Crippen molar-refractivity contribution in [2.45, 2.75) is 6.92 Å². The van der Waals surface area contributed by atoms with Gasteiger partial charge in [-0.3, -0.25) is 0 Å². The third kappa shape index (κ3) is 3.86. The van der Waals surface area contributed by atoms with E-state index in [0.29, 0.717) is 0 Å². The number of benzene rings is 1. The Labute approximate surface area is 117 Å². The van der Waals surface area contributed by atoms with Gasteiger partial charge in [-0.1, -0.05) is 18.2 Å². The van der Waals surface area contributed by atoms with Crippen LogP contribution >= 0.6 is 0 Å². The monoisotopic (exact) mass is 293 g/mol. The Morgan fingerprint density at radius 2 is 1.45 bits per heavy atom. The molecule has 5 nitrogen and oxygen atoms in total. The number of hydrogen-bond acceptors (Lipinski definition) is 4. The maximum atomic E-state index is 8.49. The molecule has 0 radical (unpaired) electrons. The first kappa shape index (κ1) is 14.6. The highest BCUT2D eigenvalue weighted by Crippen LogP contribution is 2.13.